The van der Waals surface area contributed by atoms with Gasteiger partial charge in [0.1, 0.15) is 12.1 Å². The number of carbonyl (C=O) groups excluding carboxylic acids is 5. The van der Waals surface area contributed by atoms with Gasteiger partial charge in [-0.3, -0.25) is 24.0 Å². The highest BCUT2D eigenvalue weighted by molar-refractivity contribution is 5.96. The summed E-state index contributed by atoms with van der Waals surface area (Å²) in [5, 5.41) is 15.9. The van der Waals surface area contributed by atoms with Crippen LogP contribution in [0.3, 0.4) is 0 Å². The highest BCUT2D eigenvalue weighted by atomic mass is 16.4. The molecule has 1 rings (SSSR count). The van der Waals surface area contributed by atoms with Crippen LogP contribution in [-0.2, 0) is 35.2 Å². The summed E-state index contributed by atoms with van der Waals surface area (Å²) in [6, 6.07) is 4.54. The topological polar surface area (TPSA) is 237 Å². The molecule has 0 spiro atoms. The van der Waals surface area contributed by atoms with Crippen LogP contribution in [0.4, 0.5) is 0 Å². The predicted octanol–water partition coefficient (Wildman–Crippen LogP) is -3.52. The summed E-state index contributed by atoms with van der Waals surface area (Å²) < 4.78 is 0. The van der Waals surface area contributed by atoms with Crippen molar-refractivity contribution in [3.8, 4) is 0 Å². The summed E-state index contributed by atoms with van der Waals surface area (Å²) >= 11 is 0. The van der Waals surface area contributed by atoms with Gasteiger partial charge in [-0.25, -0.2) is 4.79 Å². The number of nitrogens with two attached hydrogens (primary N) is 3. The molecule has 3 atom stereocenters. The van der Waals surface area contributed by atoms with E-state index in [0.29, 0.717) is 5.56 Å². The molecule has 13 nitrogen and oxygen atoms in total. The summed E-state index contributed by atoms with van der Waals surface area (Å²) in [6.45, 7) is -0.629. The van der Waals surface area contributed by atoms with Crippen molar-refractivity contribution in [1.29, 1.82) is 0 Å². The molecule has 1 aromatic rings. The number of hydrogen-bond donors (Lipinski definition) is 7. The quantitative estimate of drug-likeness (QED) is 0.158. The van der Waals surface area contributed by atoms with E-state index in [-0.39, 0.29) is 6.42 Å². The first-order valence-corrected chi connectivity index (χ1v) is 9.46. The van der Waals surface area contributed by atoms with Crippen LogP contribution in [0.25, 0.3) is 0 Å². The zero-order valence-electron chi connectivity index (χ0n) is 17.1. The van der Waals surface area contributed by atoms with Crippen LogP contribution >= 0.6 is 0 Å². The first kappa shape index (κ1) is 26.0. The second-order valence-corrected chi connectivity index (χ2v) is 6.87. The minimum atomic E-state index is -1.47. The van der Waals surface area contributed by atoms with Crippen LogP contribution in [0.5, 0.6) is 0 Å². The molecule has 3 unspecified atom stereocenters. The molecule has 0 aliphatic carbocycles. The standard InChI is InChI=1S/C19H26N6O7/c20-11(7-14(21)26)17(29)25-12(8-15(22)27)18(30)23-9-16(28)24-13(19(31)32)6-10-4-2-1-3-5-10/h1-5,11-13H,6-9,20H2,(H2,21,26)(H2,22,27)(H,23,30)(H,24,28)(H,25,29)(H,31,32). The van der Waals surface area contributed by atoms with Gasteiger partial charge < -0.3 is 38.3 Å². The number of carboxylic acids is 1. The van der Waals surface area contributed by atoms with Crippen LogP contribution in [0.2, 0.25) is 0 Å². The van der Waals surface area contributed by atoms with Crippen molar-refractivity contribution < 1.29 is 33.9 Å². The second kappa shape index (κ2) is 12.6. The molecular formula is C19H26N6O7. The van der Waals surface area contributed by atoms with E-state index in [2.05, 4.69) is 16.0 Å². The molecule has 32 heavy (non-hydrogen) atoms. The smallest absolute Gasteiger partial charge is 0.326 e. The molecule has 0 aliphatic heterocycles. The van der Waals surface area contributed by atoms with Gasteiger partial charge in [0, 0.05) is 6.42 Å². The average molecular weight is 450 g/mol. The van der Waals surface area contributed by atoms with E-state index < -0.39 is 73.0 Å². The molecule has 0 aromatic heterocycles. The molecule has 10 N–H and O–H groups in total. The van der Waals surface area contributed by atoms with E-state index in [9.17, 15) is 33.9 Å². The fourth-order valence-corrected chi connectivity index (χ4v) is 2.58. The molecule has 13 heteroatoms. The van der Waals surface area contributed by atoms with E-state index >= 15 is 0 Å². The number of carboxylic acid groups (broad SMARTS) is 1. The fraction of sp³-hybridized carbons (Fsp3) is 0.368. The maximum atomic E-state index is 12.3. The monoisotopic (exact) mass is 450 g/mol. The third-order valence-corrected chi connectivity index (χ3v) is 4.14. The van der Waals surface area contributed by atoms with Gasteiger partial charge in [0.05, 0.1) is 25.4 Å². The van der Waals surface area contributed by atoms with Crippen molar-refractivity contribution in [2.45, 2.75) is 37.4 Å². The van der Waals surface area contributed by atoms with Crippen LogP contribution in [0, 0.1) is 0 Å². The largest absolute Gasteiger partial charge is 0.480 e. The Morgan fingerprint density at radius 2 is 1.44 bits per heavy atom. The third-order valence-electron chi connectivity index (χ3n) is 4.14. The van der Waals surface area contributed by atoms with Gasteiger partial charge in [0.2, 0.25) is 29.5 Å². The fourth-order valence-electron chi connectivity index (χ4n) is 2.58. The Hall–Kier alpha value is -4.00. The van der Waals surface area contributed by atoms with Crippen molar-refractivity contribution in [1.82, 2.24) is 16.0 Å². The zero-order chi connectivity index (χ0) is 24.3. The van der Waals surface area contributed by atoms with Crippen LogP contribution in [-0.4, -0.2) is 65.3 Å². The lowest BCUT2D eigenvalue weighted by Gasteiger charge is -2.20. The Morgan fingerprint density at radius 1 is 0.844 bits per heavy atom. The molecular weight excluding hydrogens is 424 g/mol. The van der Waals surface area contributed by atoms with Crippen molar-refractivity contribution in [3.63, 3.8) is 0 Å². The maximum absolute atomic E-state index is 12.3. The number of nitrogens with one attached hydrogen (secondary N) is 3. The number of hydrogen-bond acceptors (Lipinski definition) is 7. The molecule has 1 aromatic carbocycles. The zero-order valence-corrected chi connectivity index (χ0v) is 17.1. The molecule has 0 radical (unpaired) electrons. The molecule has 5 amide bonds. The molecule has 0 aliphatic rings. The third kappa shape index (κ3) is 9.67. The average Bonchev–Trinajstić information content (AvgIpc) is 2.70. The van der Waals surface area contributed by atoms with Crippen molar-refractivity contribution in [3.05, 3.63) is 35.9 Å². The van der Waals surface area contributed by atoms with E-state index in [4.69, 9.17) is 17.2 Å². The number of aliphatic carboxylic acids is 1. The minimum Gasteiger partial charge on any atom is -0.480 e. The number of benzene rings is 1. The Balaban J connectivity index is 2.68. The van der Waals surface area contributed by atoms with Gasteiger partial charge in [-0.05, 0) is 5.56 Å². The number of primary amides is 2. The van der Waals surface area contributed by atoms with Gasteiger partial charge in [0.25, 0.3) is 0 Å². The van der Waals surface area contributed by atoms with Crippen LogP contribution < -0.4 is 33.2 Å². The first-order valence-electron chi connectivity index (χ1n) is 9.46. The Morgan fingerprint density at radius 3 is 1.97 bits per heavy atom. The van der Waals surface area contributed by atoms with Crippen LogP contribution in [0.15, 0.2) is 30.3 Å². The van der Waals surface area contributed by atoms with Gasteiger partial charge in [0.15, 0.2) is 0 Å². The summed E-state index contributed by atoms with van der Waals surface area (Å²) in [5.41, 5.74) is 16.2. The van der Waals surface area contributed by atoms with Crippen molar-refractivity contribution >= 4 is 35.5 Å². The minimum absolute atomic E-state index is 0.0218. The summed E-state index contributed by atoms with van der Waals surface area (Å²) in [5.74, 6) is -5.71. The Labute approximate surface area is 183 Å². The summed E-state index contributed by atoms with van der Waals surface area (Å²) in [6.07, 6.45) is -1.07. The van der Waals surface area contributed by atoms with E-state index in [1.54, 1.807) is 30.3 Å². The molecule has 0 saturated heterocycles. The van der Waals surface area contributed by atoms with E-state index in [1.165, 1.54) is 0 Å². The molecule has 0 bridgehead atoms. The maximum Gasteiger partial charge on any atom is 0.326 e. The lowest BCUT2D eigenvalue weighted by atomic mass is 10.1. The molecule has 174 valence electrons. The summed E-state index contributed by atoms with van der Waals surface area (Å²) in [4.78, 5) is 69.9. The first-order chi connectivity index (χ1) is 15.0. The lowest BCUT2D eigenvalue weighted by Crippen LogP contribution is -2.55. The SMILES string of the molecule is NC(=O)CC(N)C(=O)NC(CC(N)=O)C(=O)NCC(=O)NC(Cc1ccccc1)C(=O)O. The molecule has 0 fully saturated rings. The highest BCUT2D eigenvalue weighted by Crippen LogP contribution is 2.03. The van der Waals surface area contributed by atoms with Crippen LogP contribution in [0.1, 0.15) is 18.4 Å². The number of carbonyl (C=O) groups is 6. The van der Waals surface area contributed by atoms with Gasteiger partial charge in [-0.15, -0.1) is 0 Å². The summed E-state index contributed by atoms with van der Waals surface area (Å²) in [7, 11) is 0. The Kier molecular flexibility index (Phi) is 10.3. The highest BCUT2D eigenvalue weighted by Gasteiger charge is 2.27. The van der Waals surface area contributed by atoms with Crippen molar-refractivity contribution in [2.24, 2.45) is 17.2 Å². The Bertz CT molecular complexity index is 861. The number of rotatable bonds is 13. The lowest BCUT2D eigenvalue weighted by molar-refractivity contribution is -0.141. The van der Waals surface area contributed by atoms with Gasteiger partial charge in [-0.2, -0.15) is 0 Å². The number of amides is 5. The van der Waals surface area contributed by atoms with Gasteiger partial charge >= 0.3 is 5.97 Å². The van der Waals surface area contributed by atoms with Crippen molar-refractivity contribution in [2.75, 3.05) is 6.54 Å². The predicted molar refractivity (Wildman–Crippen MR) is 110 cm³/mol. The second-order valence-electron chi connectivity index (χ2n) is 6.87. The molecule has 0 heterocycles. The normalized spacial score (nSPS) is 13.2. The van der Waals surface area contributed by atoms with E-state index in [0.717, 1.165) is 0 Å². The molecule has 0 saturated carbocycles. The van der Waals surface area contributed by atoms with Gasteiger partial charge in [-0.1, -0.05) is 30.3 Å². The van der Waals surface area contributed by atoms with E-state index in [1.807, 2.05) is 0 Å².